The predicted octanol–water partition coefficient (Wildman–Crippen LogP) is 3.52. The van der Waals surface area contributed by atoms with Crippen molar-refractivity contribution in [3.8, 4) is 11.5 Å². The Morgan fingerprint density at radius 2 is 2.09 bits per heavy atom. The molecule has 2 aliphatic rings. The highest BCUT2D eigenvalue weighted by atomic mass is 16.5. The standard InChI is InChI=1S/C18H14O5/c1-10-2-5-12(21-10)9-16-17(19)14-7-6-13(8-15(14)23-16)22-18(20)11-3-4-11/h2,5-9,11H,3-4H2,1H3/b16-9+. The van der Waals surface area contributed by atoms with Crippen molar-refractivity contribution in [2.45, 2.75) is 19.8 Å². The number of hydrogen-bond donors (Lipinski definition) is 0. The molecule has 1 aromatic carbocycles. The minimum atomic E-state index is -0.226. The topological polar surface area (TPSA) is 65.7 Å². The van der Waals surface area contributed by atoms with Crippen LogP contribution in [0.3, 0.4) is 0 Å². The quantitative estimate of drug-likeness (QED) is 0.493. The second-order valence-corrected chi connectivity index (χ2v) is 5.74. The highest BCUT2D eigenvalue weighted by molar-refractivity contribution is 6.14. The summed E-state index contributed by atoms with van der Waals surface area (Å²) in [6, 6.07) is 8.38. The first-order valence-corrected chi connectivity index (χ1v) is 7.46. The Labute approximate surface area is 132 Å². The van der Waals surface area contributed by atoms with Gasteiger partial charge in [0.25, 0.3) is 0 Å². The van der Waals surface area contributed by atoms with Gasteiger partial charge in [-0.15, -0.1) is 0 Å². The van der Waals surface area contributed by atoms with Gasteiger partial charge in [0, 0.05) is 12.1 Å². The van der Waals surface area contributed by atoms with Crippen LogP contribution in [0.5, 0.6) is 11.5 Å². The maximum absolute atomic E-state index is 12.3. The molecule has 0 bridgehead atoms. The molecule has 0 unspecified atom stereocenters. The molecule has 1 fully saturated rings. The highest BCUT2D eigenvalue weighted by Crippen LogP contribution is 2.36. The van der Waals surface area contributed by atoms with E-state index in [-0.39, 0.29) is 23.4 Å². The zero-order valence-electron chi connectivity index (χ0n) is 12.5. The molecule has 0 saturated heterocycles. The minimum absolute atomic E-state index is 0.0171. The van der Waals surface area contributed by atoms with Crippen LogP contribution in [-0.4, -0.2) is 11.8 Å². The van der Waals surface area contributed by atoms with Gasteiger partial charge in [-0.3, -0.25) is 9.59 Å². The predicted molar refractivity (Wildman–Crippen MR) is 81.2 cm³/mol. The first kappa shape index (κ1) is 13.8. The first-order valence-electron chi connectivity index (χ1n) is 7.46. The zero-order chi connectivity index (χ0) is 16.0. The number of carbonyl (C=O) groups is 2. The highest BCUT2D eigenvalue weighted by Gasteiger charge is 2.33. The number of ketones is 1. The van der Waals surface area contributed by atoms with Gasteiger partial charge in [-0.2, -0.15) is 0 Å². The van der Waals surface area contributed by atoms with Gasteiger partial charge in [-0.1, -0.05) is 0 Å². The third-order valence-corrected chi connectivity index (χ3v) is 3.81. The fraction of sp³-hybridized carbons (Fsp3) is 0.222. The number of ether oxygens (including phenoxy) is 2. The number of hydrogen-bond acceptors (Lipinski definition) is 5. The summed E-state index contributed by atoms with van der Waals surface area (Å²) in [5, 5.41) is 0. The Morgan fingerprint density at radius 3 is 2.78 bits per heavy atom. The van der Waals surface area contributed by atoms with E-state index in [1.807, 2.05) is 13.0 Å². The van der Waals surface area contributed by atoms with Crippen LogP contribution in [0.2, 0.25) is 0 Å². The molecule has 1 aliphatic carbocycles. The van der Waals surface area contributed by atoms with Crippen molar-refractivity contribution < 1.29 is 23.5 Å². The van der Waals surface area contributed by atoms with E-state index < -0.39 is 0 Å². The Balaban J connectivity index is 1.58. The molecule has 1 aromatic heterocycles. The molecular weight excluding hydrogens is 296 g/mol. The number of rotatable bonds is 3. The van der Waals surface area contributed by atoms with Crippen molar-refractivity contribution in [2.24, 2.45) is 5.92 Å². The van der Waals surface area contributed by atoms with Crippen LogP contribution in [0.1, 0.15) is 34.7 Å². The van der Waals surface area contributed by atoms with Gasteiger partial charge in [0.05, 0.1) is 11.5 Å². The lowest BCUT2D eigenvalue weighted by atomic mass is 10.1. The molecule has 0 amide bonds. The third-order valence-electron chi connectivity index (χ3n) is 3.81. The van der Waals surface area contributed by atoms with Gasteiger partial charge in [-0.25, -0.2) is 0 Å². The first-order chi connectivity index (χ1) is 11.1. The van der Waals surface area contributed by atoms with E-state index >= 15 is 0 Å². The Kier molecular flexibility index (Phi) is 3.08. The van der Waals surface area contributed by atoms with E-state index in [1.165, 1.54) is 0 Å². The lowest BCUT2D eigenvalue weighted by Gasteiger charge is -2.04. The van der Waals surface area contributed by atoms with Crippen LogP contribution >= 0.6 is 0 Å². The lowest BCUT2D eigenvalue weighted by Crippen LogP contribution is -2.09. The van der Waals surface area contributed by atoms with E-state index in [0.717, 1.165) is 18.6 Å². The van der Waals surface area contributed by atoms with Crippen LogP contribution in [-0.2, 0) is 4.79 Å². The third kappa shape index (κ3) is 2.65. The molecule has 2 heterocycles. The number of Topliss-reactive ketones (excluding diaryl/α,β-unsaturated/α-hetero) is 1. The molecule has 5 heteroatoms. The van der Waals surface area contributed by atoms with Crippen molar-refractivity contribution in [1.82, 2.24) is 0 Å². The summed E-state index contributed by atoms with van der Waals surface area (Å²) in [5.74, 6) is 1.87. The van der Waals surface area contributed by atoms with Gasteiger partial charge >= 0.3 is 5.97 Å². The average molecular weight is 310 g/mol. The Bertz CT molecular complexity index is 839. The maximum Gasteiger partial charge on any atom is 0.314 e. The van der Waals surface area contributed by atoms with Crippen LogP contribution in [0.4, 0.5) is 0 Å². The van der Waals surface area contributed by atoms with Crippen molar-refractivity contribution in [3.05, 3.63) is 53.2 Å². The van der Waals surface area contributed by atoms with E-state index in [0.29, 0.717) is 22.8 Å². The number of carbonyl (C=O) groups excluding carboxylic acids is 2. The van der Waals surface area contributed by atoms with E-state index in [4.69, 9.17) is 13.9 Å². The molecule has 1 saturated carbocycles. The molecule has 0 N–H and O–H groups in total. The van der Waals surface area contributed by atoms with Crippen molar-refractivity contribution in [2.75, 3.05) is 0 Å². The number of fused-ring (bicyclic) bond motifs is 1. The fourth-order valence-corrected chi connectivity index (χ4v) is 2.41. The Morgan fingerprint density at radius 1 is 1.26 bits per heavy atom. The summed E-state index contributed by atoms with van der Waals surface area (Å²) in [5.41, 5.74) is 0.450. The van der Waals surface area contributed by atoms with Crippen LogP contribution in [0.15, 0.2) is 40.5 Å². The summed E-state index contributed by atoms with van der Waals surface area (Å²) < 4.78 is 16.3. The molecule has 116 valence electrons. The zero-order valence-corrected chi connectivity index (χ0v) is 12.5. The lowest BCUT2D eigenvalue weighted by molar-refractivity contribution is -0.135. The SMILES string of the molecule is Cc1ccc(/C=C2/Oc3cc(OC(=O)C4CC4)ccc3C2=O)o1. The minimum Gasteiger partial charge on any atom is -0.462 e. The molecule has 0 radical (unpaired) electrons. The number of aryl methyl sites for hydroxylation is 1. The summed E-state index contributed by atoms with van der Waals surface area (Å²) in [6.07, 6.45) is 3.33. The second kappa shape index (κ2) is 5.12. The second-order valence-electron chi connectivity index (χ2n) is 5.74. The molecule has 4 rings (SSSR count). The summed E-state index contributed by atoms with van der Waals surface area (Å²) in [4.78, 5) is 24.0. The average Bonchev–Trinajstić information content (AvgIpc) is 3.23. The Hall–Kier alpha value is -2.82. The summed E-state index contributed by atoms with van der Waals surface area (Å²) >= 11 is 0. The monoisotopic (exact) mass is 310 g/mol. The van der Waals surface area contributed by atoms with Crippen molar-refractivity contribution in [3.63, 3.8) is 0 Å². The van der Waals surface area contributed by atoms with Gasteiger partial charge in [0.15, 0.2) is 5.76 Å². The van der Waals surface area contributed by atoms with E-state index in [2.05, 4.69) is 0 Å². The normalized spacial score (nSPS) is 18.0. The maximum atomic E-state index is 12.3. The van der Waals surface area contributed by atoms with Crippen LogP contribution < -0.4 is 9.47 Å². The van der Waals surface area contributed by atoms with Gasteiger partial charge < -0.3 is 13.9 Å². The van der Waals surface area contributed by atoms with Gasteiger partial charge in [0.2, 0.25) is 5.78 Å². The molecule has 23 heavy (non-hydrogen) atoms. The molecule has 1 aliphatic heterocycles. The molecule has 0 spiro atoms. The van der Waals surface area contributed by atoms with Crippen molar-refractivity contribution >= 4 is 17.8 Å². The molecule has 5 nitrogen and oxygen atoms in total. The molecule has 2 aromatic rings. The smallest absolute Gasteiger partial charge is 0.314 e. The summed E-state index contributed by atoms with van der Waals surface area (Å²) in [7, 11) is 0. The molecular formula is C18H14O5. The van der Waals surface area contributed by atoms with Crippen LogP contribution in [0.25, 0.3) is 6.08 Å². The van der Waals surface area contributed by atoms with Gasteiger partial charge in [0.1, 0.15) is 23.0 Å². The number of furan rings is 1. The van der Waals surface area contributed by atoms with Gasteiger partial charge in [-0.05, 0) is 44.0 Å². The molecule has 0 atom stereocenters. The van der Waals surface area contributed by atoms with E-state index in [9.17, 15) is 9.59 Å². The number of allylic oxidation sites excluding steroid dienone is 1. The van der Waals surface area contributed by atoms with Crippen molar-refractivity contribution in [1.29, 1.82) is 0 Å². The van der Waals surface area contributed by atoms with E-state index in [1.54, 1.807) is 30.3 Å². The number of esters is 1. The fourth-order valence-electron chi connectivity index (χ4n) is 2.41. The largest absolute Gasteiger partial charge is 0.462 e. The number of benzene rings is 1. The summed E-state index contributed by atoms with van der Waals surface area (Å²) in [6.45, 7) is 1.83. The van der Waals surface area contributed by atoms with Crippen LogP contribution in [0, 0.1) is 12.8 Å².